The van der Waals surface area contributed by atoms with E-state index >= 15 is 0 Å². The van der Waals surface area contributed by atoms with Gasteiger partial charge in [0.25, 0.3) is 5.91 Å². The maximum Gasteiger partial charge on any atom is 0.275 e. The molecule has 0 saturated carbocycles. The third-order valence-electron chi connectivity index (χ3n) is 4.96. The summed E-state index contributed by atoms with van der Waals surface area (Å²) >= 11 is 0. The lowest BCUT2D eigenvalue weighted by atomic mass is 10.1. The first-order valence-corrected chi connectivity index (χ1v) is 9.57. The minimum absolute atomic E-state index is 0.311. The van der Waals surface area contributed by atoms with Crippen LogP contribution in [0.15, 0.2) is 65.8 Å². The fourth-order valence-electron chi connectivity index (χ4n) is 3.38. The van der Waals surface area contributed by atoms with Gasteiger partial charge in [0, 0.05) is 18.8 Å². The number of nitrogens with zero attached hydrogens (tertiary/aromatic N) is 2. The number of fused-ring (bicyclic) bond motifs is 1. The van der Waals surface area contributed by atoms with E-state index in [0.29, 0.717) is 11.3 Å². The molecule has 1 aliphatic rings. The van der Waals surface area contributed by atoms with Gasteiger partial charge in [-0.3, -0.25) is 4.79 Å². The monoisotopic (exact) mass is 389 g/mol. The number of amides is 1. The van der Waals surface area contributed by atoms with Crippen LogP contribution in [0.4, 0.5) is 5.69 Å². The van der Waals surface area contributed by atoms with Crippen molar-refractivity contribution in [3.8, 4) is 5.75 Å². The Kier molecular flexibility index (Phi) is 5.72. The first-order valence-electron chi connectivity index (χ1n) is 9.57. The summed E-state index contributed by atoms with van der Waals surface area (Å²) in [5.74, 6) is 0.208. The number of hydrogen-bond donors (Lipinski definition) is 1. The smallest absolute Gasteiger partial charge is 0.275 e. The zero-order chi connectivity index (χ0) is 20.1. The number of ether oxygens (including phenoxy) is 2. The molecular weight excluding hydrogens is 366 g/mol. The summed E-state index contributed by atoms with van der Waals surface area (Å²) in [4.78, 5) is 14.9. The van der Waals surface area contributed by atoms with Crippen molar-refractivity contribution in [3.63, 3.8) is 0 Å². The second-order valence-corrected chi connectivity index (χ2v) is 6.79. The molecule has 0 spiro atoms. The summed E-state index contributed by atoms with van der Waals surface area (Å²) < 4.78 is 10.8. The van der Waals surface area contributed by atoms with Crippen molar-refractivity contribution < 1.29 is 14.3 Å². The molecule has 0 aliphatic carbocycles. The van der Waals surface area contributed by atoms with Crippen molar-refractivity contribution in [2.75, 3.05) is 38.3 Å². The number of anilines is 1. The second-order valence-electron chi connectivity index (χ2n) is 6.79. The van der Waals surface area contributed by atoms with Crippen LogP contribution in [0.1, 0.15) is 15.9 Å². The van der Waals surface area contributed by atoms with Crippen LogP contribution in [-0.2, 0) is 4.74 Å². The van der Waals surface area contributed by atoms with E-state index in [4.69, 9.17) is 9.47 Å². The Balaban J connectivity index is 1.44. The van der Waals surface area contributed by atoms with Gasteiger partial charge >= 0.3 is 0 Å². The number of hydrogen-bond acceptors (Lipinski definition) is 5. The average molecular weight is 389 g/mol. The molecule has 4 rings (SSSR count). The van der Waals surface area contributed by atoms with Gasteiger partial charge in [0.2, 0.25) is 0 Å². The Morgan fingerprint density at radius 3 is 2.45 bits per heavy atom. The fourth-order valence-corrected chi connectivity index (χ4v) is 3.38. The molecule has 1 amide bonds. The van der Waals surface area contributed by atoms with Gasteiger partial charge in [0.05, 0.1) is 32.1 Å². The number of rotatable bonds is 5. The lowest BCUT2D eigenvalue weighted by Gasteiger charge is -2.28. The summed E-state index contributed by atoms with van der Waals surface area (Å²) in [6, 6.07) is 19.6. The zero-order valence-electron chi connectivity index (χ0n) is 16.3. The first-order chi connectivity index (χ1) is 14.2. The van der Waals surface area contributed by atoms with Gasteiger partial charge in [-0.25, -0.2) is 5.43 Å². The van der Waals surface area contributed by atoms with Gasteiger partial charge < -0.3 is 14.4 Å². The Morgan fingerprint density at radius 2 is 1.76 bits per heavy atom. The van der Waals surface area contributed by atoms with Gasteiger partial charge in [0.15, 0.2) is 0 Å². The number of nitrogens with one attached hydrogen (secondary N) is 1. The van der Waals surface area contributed by atoms with Gasteiger partial charge in [-0.15, -0.1) is 0 Å². The highest BCUT2D eigenvalue weighted by Gasteiger charge is 2.13. The minimum Gasteiger partial charge on any atom is -0.496 e. The number of carbonyl (C=O) groups excluding carboxylic acids is 1. The molecule has 0 unspecified atom stereocenters. The predicted octanol–water partition coefficient (Wildman–Crippen LogP) is 3.45. The van der Waals surface area contributed by atoms with E-state index in [9.17, 15) is 4.79 Å². The van der Waals surface area contributed by atoms with E-state index in [0.717, 1.165) is 48.3 Å². The molecule has 0 radical (unpaired) electrons. The second kappa shape index (κ2) is 8.75. The number of methoxy groups -OCH3 is 1. The van der Waals surface area contributed by atoms with Crippen molar-refractivity contribution in [2.45, 2.75) is 0 Å². The molecule has 1 saturated heterocycles. The lowest BCUT2D eigenvalue weighted by molar-refractivity contribution is 0.0952. The Labute approximate surface area is 169 Å². The van der Waals surface area contributed by atoms with E-state index in [-0.39, 0.29) is 5.91 Å². The average Bonchev–Trinajstić information content (AvgIpc) is 2.79. The number of carbonyl (C=O) groups is 1. The maximum absolute atomic E-state index is 12.6. The SMILES string of the molecule is COc1cc2ccccc2cc1C(=O)NN=Cc1ccc(N2CCOCC2)cc1. The number of morpholine rings is 1. The van der Waals surface area contributed by atoms with Crippen LogP contribution < -0.4 is 15.1 Å². The minimum atomic E-state index is -0.311. The molecule has 1 aliphatic heterocycles. The summed E-state index contributed by atoms with van der Waals surface area (Å²) in [7, 11) is 1.56. The van der Waals surface area contributed by atoms with Crippen molar-refractivity contribution in [3.05, 3.63) is 71.8 Å². The Hall–Kier alpha value is -3.38. The van der Waals surface area contributed by atoms with E-state index in [2.05, 4.69) is 27.6 Å². The van der Waals surface area contributed by atoms with Gasteiger partial charge in [-0.1, -0.05) is 36.4 Å². The highest BCUT2D eigenvalue weighted by atomic mass is 16.5. The molecule has 0 bridgehead atoms. The van der Waals surface area contributed by atoms with Crippen LogP contribution in [0.5, 0.6) is 5.75 Å². The van der Waals surface area contributed by atoms with E-state index in [1.807, 2.05) is 48.5 Å². The highest BCUT2D eigenvalue weighted by Crippen LogP contribution is 2.25. The molecule has 0 atom stereocenters. The van der Waals surface area contributed by atoms with Crippen molar-refractivity contribution in [1.29, 1.82) is 0 Å². The topological polar surface area (TPSA) is 63.2 Å². The largest absolute Gasteiger partial charge is 0.496 e. The molecule has 1 heterocycles. The summed E-state index contributed by atoms with van der Waals surface area (Å²) in [6.45, 7) is 3.31. The fraction of sp³-hybridized carbons (Fsp3) is 0.217. The molecule has 0 aromatic heterocycles. The van der Waals surface area contributed by atoms with Crippen LogP contribution >= 0.6 is 0 Å². The van der Waals surface area contributed by atoms with Crippen molar-refractivity contribution in [1.82, 2.24) is 5.43 Å². The lowest BCUT2D eigenvalue weighted by Crippen LogP contribution is -2.36. The maximum atomic E-state index is 12.6. The molecule has 3 aromatic rings. The number of benzene rings is 3. The van der Waals surface area contributed by atoms with Crippen molar-refractivity contribution >= 4 is 28.6 Å². The third-order valence-corrected chi connectivity index (χ3v) is 4.96. The highest BCUT2D eigenvalue weighted by molar-refractivity contribution is 6.02. The molecule has 1 fully saturated rings. The molecule has 6 nitrogen and oxygen atoms in total. The van der Waals surface area contributed by atoms with Gasteiger partial charge in [-0.2, -0.15) is 5.10 Å². The van der Waals surface area contributed by atoms with Crippen LogP contribution in [0.3, 0.4) is 0 Å². The third kappa shape index (κ3) is 4.38. The van der Waals surface area contributed by atoms with Crippen LogP contribution in [0.2, 0.25) is 0 Å². The van der Waals surface area contributed by atoms with Gasteiger partial charge in [-0.05, 0) is 40.6 Å². The molecule has 6 heteroatoms. The predicted molar refractivity (Wildman–Crippen MR) is 115 cm³/mol. The molecule has 148 valence electrons. The molecular formula is C23H23N3O3. The van der Waals surface area contributed by atoms with Gasteiger partial charge in [0.1, 0.15) is 5.75 Å². The normalized spacial score (nSPS) is 14.3. The first kappa shape index (κ1) is 19.0. The quantitative estimate of drug-likeness (QED) is 0.536. The summed E-state index contributed by atoms with van der Waals surface area (Å²) in [6.07, 6.45) is 1.63. The summed E-state index contributed by atoms with van der Waals surface area (Å²) in [5, 5.41) is 6.09. The molecule has 3 aromatic carbocycles. The van der Waals surface area contributed by atoms with E-state index in [1.54, 1.807) is 13.3 Å². The van der Waals surface area contributed by atoms with Crippen molar-refractivity contribution in [2.24, 2.45) is 5.10 Å². The van der Waals surface area contributed by atoms with Crippen LogP contribution in [0.25, 0.3) is 10.8 Å². The summed E-state index contributed by atoms with van der Waals surface area (Å²) in [5.41, 5.74) is 5.11. The van der Waals surface area contributed by atoms with E-state index in [1.165, 1.54) is 0 Å². The number of hydrazone groups is 1. The standard InChI is InChI=1S/C23H23N3O3/c1-28-22-15-19-5-3-2-4-18(19)14-21(22)23(27)25-24-16-17-6-8-20(9-7-17)26-10-12-29-13-11-26/h2-9,14-16H,10-13H2,1H3,(H,25,27). The van der Waals surface area contributed by atoms with E-state index < -0.39 is 0 Å². The van der Waals surface area contributed by atoms with Crippen LogP contribution in [0, 0.1) is 0 Å². The Morgan fingerprint density at radius 1 is 1.07 bits per heavy atom. The zero-order valence-corrected chi connectivity index (χ0v) is 16.3. The van der Waals surface area contributed by atoms with Crippen LogP contribution in [-0.4, -0.2) is 45.5 Å². The Bertz CT molecular complexity index is 1030. The molecule has 1 N–H and O–H groups in total. The molecule has 29 heavy (non-hydrogen) atoms.